The molecule has 0 N–H and O–H groups in total. The molecule has 0 saturated heterocycles. The first-order chi connectivity index (χ1) is 8.75. The van der Waals surface area contributed by atoms with Gasteiger partial charge in [0.25, 0.3) is 0 Å². The van der Waals surface area contributed by atoms with E-state index in [0.717, 1.165) is 11.4 Å². The Hall–Kier alpha value is -0.720. The molecule has 96 valence electrons. The number of aromatic nitrogens is 2. The van der Waals surface area contributed by atoms with E-state index in [0.29, 0.717) is 11.2 Å². The molecule has 0 amide bonds. The van der Waals surface area contributed by atoms with E-state index in [1.54, 1.807) is 24.4 Å². The molecule has 1 unspecified atom stereocenters. The summed E-state index contributed by atoms with van der Waals surface area (Å²) in [5.74, 6) is 0.926. The molecule has 2 aliphatic rings. The highest BCUT2D eigenvalue weighted by molar-refractivity contribution is 8.03. The van der Waals surface area contributed by atoms with E-state index in [-0.39, 0.29) is 0 Å². The van der Waals surface area contributed by atoms with Gasteiger partial charge in [0.2, 0.25) is 0 Å². The van der Waals surface area contributed by atoms with Crippen LogP contribution < -0.4 is 4.31 Å². The van der Waals surface area contributed by atoms with E-state index < -0.39 is 11.2 Å². The number of anilines is 1. The topological polar surface area (TPSA) is 52.1 Å². The van der Waals surface area contributed by atoms with Gasteiger partial charge in [0.1, 0.15) is 6.26 Å². The molecule has 6 heteroatoms. The van der Waals surface area contributed by atoms with E-state index in [1.807, 2.05) is 6.08 Å². The first-order valence-corrected chi connectivity index (χ1v) is 8.48. The van der Waals surface area contributed by atoms with Gasteiger partial charge in [-0.2, -0.15) is 9.97 Å². The molecule has 1 saturated carbocycles. The smallest absolute Gasteiger partial charge is 0.344 e. The maximum Gasteiger partial charge on any atom is 0.344 e. The van der Waals surface area contributed by atoms with Crippen molar-refractivity contribution in [3.63, 3.8) is 0 Å². The maximum atomic E-state index is 11.5. The average Bonchev–Trinajstić information content (AvgIpc) is 2.91. The Kier molecular flexibility index (Phi) is 3.50. The van der Waals surface area contributed by atoms with Gasteiger partial charge in [-0.15, -0.1) is 0 Å². The second-order valence-electron chi connectivity index (χ2n) is 4.56. The summed E-state index contributed by atoms with van der Waals surface area (Å²) in [6.07, 6.45) is 10.4. The normalized spacial score (nSPS) is 21.1. The molecule has 1 aliphatic heterocycles. The lowest BCUT2D eigenvalue weighted by Gasteiger charge is -2.30. The molecule has 2 heterocycles. The lowest BCUT2D eigenvalue weighted by molar-refractivity contribution is 0.591. The first kappa shape index (κ1) is 12.3. The average molecular weight is 281 g/mol. The molecule has 1 aromatic rings. The standard InChI is InChI=1S/C12H15N3OS2/c1-18(16)12-13-8-9-6-7-17-15(11(9)14-12)10-4-2-3-5-10/h6-8,10H,2-5H2,1H3. The summed E-state index contributed by atoms with van der Waals surface area (Å²) < 4.78 is 13.8. The van der Waals surface area contributed by atoms with Crippen molar-refractivity contribution in [2.75, 3.05) is 10.6 Å². The van der Waals surface area contributed by atoms with Crippen molar-refractivity contribution in [1.29, 1.82) is 0 Å². The Morgan fingerprint density at radius 2 is 2.22 bits per heavy atom. The van der Waals surface area contributed by atoms with Crippen molar-refractivity contribution in [3.05, 3.63) is 17.2 Å². The molecule has 0 spiro atoms. The summed E-state index contributed by atoms with van der Waals surface area (Å²) in [4.78, 5) is 8.64. The zero-order valence-electron chi connectivity index (χ0n) is 10.2. The van der Waals surface area contributed by atoms with Gasteiger partial charge >= 0.3 is 5.16 Å². The molecule has 1 aromatic heterocycles. The Bertz CT molecular complexity index is 472. The quantitative estimate of drug-likeness (QED) is 0.474. The van der Waals surface area contributed by atoms with Gasteiger partial charge < -0.3 is 4.55 Å². The van der Waals surface area contributed by atoms with Crippen molar-refractivity contribution < 1.29 is 4.55 Å². The van der Waals surface area contributed by atoms with Gasteiger partial charge in [-0.1, -0.05) is 12.8 Å². The monoisotopic (exact) mass is 281 g/mol. The van der Waals surface area contributed by atoms with Crippen molar-refractivity contribution in [3.8, 4) is 0 Å². The fourth-order valence-electron chi connectivity index (χ4n) is 2.42. The van der Waals surface area contributed by atoms with Crippen LogP contribution in [0.5, 0.6) is 0 Å². The van der Waals surface area contributed by atoms with Crippen LogP contribution in [0, 0.1) is 0 Å². The van der Waals surface area contributed by atoms with E-state index in [9.17, 15) is 4.55 Å². The fourth-order valence-corrected chi connectivity index (χ4v) is 3.80. The lowest BCUT2D eigenvalue weighted by Crippen LogP contribution is -2.29. The molecule has 1 fully saturated rings. The van der Waals surface area contributed by atoms with Crippen LogP contribution in [-0.2, 0) is 11.2 Å². The first-order valence-electron chi connectivity index (χ1n) is 6.09. The van der Waals surface area contributed by atoms with E-state index in [1.165, 1.54) is 25.7 Å². The Morgan fingerprint density at radius 3 is 2.94 bits per heavy atom. The summed E-state index contributed by atoms with van der Waals surface area (Å²) in [6.45, 7) is 0. The minimum absolute atomic E-state index is 0.424. The number of fused-ring (bicyclic) bond motifs is 1. The number of nitrogens with zero attached hydrogens (tertiary/aromatic N) is 3. The highest BCUT2D eigenvalue weighted by atomic mass is 32.2. The van der Waals surface area contributed by atoms with E-state index >= 15 is 0 Å². The third-order valence-corrected chi connectivity index (χ3v) is 4.98. The highest BCUT2D eigenvalue weighted by Crippen LogP contribution is 2.38. The molecule has 3 rings (SSSR count). The van der Waals surface area contributed by atoms with Gasteiger partial charge in [-0.25, -0.2) is 0 Å². The van der Waals surface area contributed by atoms with E-state index in [2.05, 4.69) is 19.7 Å². The Balaban J connectivity index is 1.97. The van der Waals surface area contributed by atoms with Crippen molar-refractivity contribution >= 4 is 35.0 Å². The minimum atomic E-state index is -1.13. The Labute approximate surface area is 114 Å². The molecule has 4 nitrogen and oxygen atoms in total. The molecule has 1 aliphatic carbocycles. The predicted molar refractivity (Wildman–Crippen MR) is 75.7 cm³/mol. The third-order valence-electron chi connectivity index (χ3n) is 3.32. The summed E-state index contributed by atoms with van der Waals surface area (Å²) in [5.41, 5.74) is 1.02. The molecule has 0 radical (unpaired) electrons. The van der Waals surface area contributed by atoms with Gasteiger partial charge in [0.15, 0.2) is 5.82 Å². The molecular weight excluding hydrogens is 266 g/mol. The SMILES string of the molecule is C[S+]([O-])c1ncc2c(n1)N(C1CCCC1)SC=C2. The van der Waals surface area contributed by atoms with Crippen LogP contribution in [0.4, 0.5) is 5.82 Å². The molecule has 1 atom stereocenters. The third kappa shape index (κ3) is 2.24. The fraction of sp³-hybridized carbons (Fsp3) is 0.500. The number of hydrogen-bond donors (Lipinski definition) is 0. The highest BCUT2D eigenvalue weighted by Gasteiger charge is 2.28. The van der Waals surface area contributed by atoms with Crippen LogP contribution in [-0.4, -0.2) is 26.8 Å². The van der Waals surface area contributed by atoms with Crippen LogP contribution in [0.15, 0.2) is 16.8 Å². The summed E-state index contributed by atoms with van der Waals surface area (Å²) in [6, 6.07) is 0.548. The van der Waals surface area contributed by atoms with E-state index in [4.69, 9.17) is 0 Å². The second-order valence-corrected chi connectivity index (χ2v) is 6.71. The lowest BCUT2D eigenvalue weighted by atomic mass is 10.2. The molecule has 0 bridgehead atoms. The summed E-state index contributed by atoms with van der Waals surface area (Å²) in [5, 5.41) is 2.50. The number of hydrogen-bond acceptors (Lipinski definition) is 5. The minimum Gasteiger partial charge on any atom is -0.609 e. The largest absolute Gasteiger partial charge is 0.609 e. The van der Waals surface area contributed by atoms with Crippen molar-refractivity contribution in [2.24, 2.45) is 0 Å². The van der Waals surface area contributed by atoms with Crippen LogP contribution in [0.2, 0.25) is 0 Å². The molecule has 18 heavy (non-hydrogen) atoms. The van der Waals surface area contributed by atoms with Crippen molar-refractivity contribution in [1.82, 2.24) is 9.97 Å². The van der Waals surface area contributed by atoms with Crippen LogP contribution in [0.25, 0.3) is 6.08 Å². The van der Waals surface area contributed by atoms with Crippen LogP contribution >= 0.6 is 11.9 Å². The second kappa shape index (κ2) is 5.11. The molecular formula is C12H15N3OS2. The maximum absolute atomic E-state index is 11.5. The van der Waals surface area contributed by atoms with Gasteiger partial charge in [-0.05, 0) is 36.3 Å². The zero-order valence-corrected chi connectivity index (χ0v) is 11.8. The summed E-state index contributed by atoms with van der Waals surface area (Å²) >= 11 is 0.561. The van der Waals surface area contributed by atoms with Crippen LogP contribution in [0.1, 0.15) is 31.2 Å². The predicted octanol–water partition coefficient (Wildman–Crippen LogP) is 2.60. The van der Waals surface area contributed by atoms with Crippen LogP contribution in [0.3, 0.4) is 0 Å². The van der Waals surface area contributed by atoms with Gasteiger partial charge in [0.05, 0.1) is 0 Å². The molecule has 0 aromatic carbocycles. The summed E-state index contributed by atoms with van der Waals surface area (Å²) in [7, 11) is 0. The Morgan fingerprint density at radius 1 is 1.44 bits per heavy atom. The van der Waals surface area contributed by atoms with Gasteiger partial charge in [-0.3, -0.25) is 4.31 Å². The number of rotatable bonds is 2. The van der Waals surface area contributed by atoms with Crippen molar-refractivity contribution in [2.45, 2.75) is 36.9 Å². The zero-order chi connectivity index (χ0) is 12.5. The van der Waals surface area contributed by atoms with Gasteiger partial charge in [0, 0.05) is 29.0 Å².